The Bertz CT molecular complexity index is 894. The fraction of sp³-hybridized carbons (Fsp3) is 0.520. The third-order valence-corrected chi connectivity index (χ3v) is 5.72. The maximum atomic E-state index is 13.3. The molecule has 1 heterocycles. The number of dihydropyridines is 1. The number of nitrogens with one attached hydrogen (secondary N) is 1. The molecule has 5 nitrogen and oxygen atoms in total. The first-order valence-electron chi connectivity index (χ1n) is 10.9. The van der Waals surface area contributed by atoms with Gasteiger partial charge in [-0.3, -0.25) is 4.79 Å². The number of hydrogen-bond acceptors (Lipinski definition) is 5. The van der Waals surface area contributed by atoms with Crippen molar-refractivity contribution in [3.05, 3.63) is 52.4 Å². The van der Waals surface area contributed by atoms with Crippen LogP contribution in [0.1, 0.15) is 71.8 Å². The zero-order chi connectivity index (χ0) is 21.9. The van der Waals surface area contributed by atoms with Crippen LogP contribution in [0.25, 0.3) is 0 Å². The zero-order valence-corrected chi connectivity index (χ0v) is 18.8. The molecule has 162 valence electrons. The van der Waals surface area contributed by atoms with E-state index in [2.05, 4.69) is 26.1 Å². The summed E-state index contributed by atoms with van der Waals surface area (Å²) in [5.74, 6) is -0.0740. The van der Waals surface area contributed by atoms with Gasteiger partial charge in [-0.15, -0.1) is 0 Å². The molecule has 1 atom stereocenters. The van der Waals surface area contributed by atoms with Crippen molar-refractivity contribution in [1.29, 1.82) is 0 Å². The molecule has 1 aromatic rings. The van der Waals surface area contributed by atoms with E-state index in [1.807, 2.05) is 38.1 Å². The molecule has 0 fully saturated rings. The quantitative estimate of drug-likeness (QED) is 0.503. The van der Waals surface area contributed by atoms with Gasteiger partial charge in [-0.05, 0) is 38.2 Å². The van der Waals surface area contributed by atoms with Crippen LogP contribution in [0.15, 0.2) is 46.8 Å². The van der Waals surface area contributed by atoms with E-state index in [1.54, 1.807) is 0 Å². The second-order valence-corrected chi connectivity index (χ2v) is 8.89. The maximum Gasteiger partial charge on any atom is 0.336 e. The minimum Gasteiger partial charge on any atom is -0.494 e. The molecule has 0 amide bonds. The van der Waals surface area contributed by atoms with Crippen LogP contribution in [-0.4, -0.2) is 25.0 Å². The fourth-order valence-electron chi connectivity index (χ4n) is 4.41. The van der Waals surface area contributed by atoms with Gasteiger partial charge in [-0.25, -0.2) is 4.79 Å². The number of ether oxygens (including phenoxy) is 2. The van der Waals surface area contributed by atoms with Crippen LogP contribution in [0.5, 0.6) is 5.75 Å². The van der Waals surface area contributed by atoms with Crippen LogP contribution < -0.4 is 10.1 Å². The number of esters is 1. The van der Waals surface area contributed by atoms with Gasteiger partial charge in [0.2, 0.25) is 0 Å². The number of unbranched alkanes of at least 4 members (excludes halogenated alkanes) is 1. The number of rotatable bonds is 7. The Kier molecular flexibility index (Phi) is 6.69. The van der Waals surface area contributed by atoms with Crippen molar-refractivity contribution in [2.75, 3.05) is 13.2 Å². The second-order valence-electron chi connectivity index (χ2n) is 8.89. The molecule has 5 heteroatoms. The highest BCUT2D eigenvalue weighted by Crippen LogP contribution is 2.48. The summed E-state index contributed by atoms with van der Waals surface area (Å²) in [5.41, 5.74) is 3.56. The van der Waals surface area contributed by atoms with Crippen molar-refractivity contribution in [3.8, 4) is 5.75 Å². The molecule has 3 rings (SSSR count). The second kappa shape index (κ2) is 9.07. The van der Waals surface area contributed by atoms with Gasteiger partial charge in [0.25, 0.3) is 0 Å². The summed E-state index contributed by atoms with van der Waals surface area (Å²) in [6.07, 6.45) is 2.98. The molecule has 0 aromatic heterocycles. The zero-order valence-electron chi connectivity index (χ0n) is 18.8. The van der Waals surface area contributed by atoms with E-state index < -0.39 is 5.92 Å². The summed E-state index contributed by atoms with van der Waals surface area (Å²) in [4.78, 5) is 26.5. The highest BCUT2D eigenvalue weighted by Gasteiger charge is 2.43. The summed E-state index contributed by atoms with van der Waals surface area (Å²) in [6, 6.07) is 7.68. The molecule has 0 saturated carbocycles. The minimum absolute atomic E-state index is 0.0800. The fourth-order valence-corrected chi connectivity index (χ4v) is 4.41. The van der Waals surface area contributed by atoms with E-state index in [0.717, 1.165) is 36.2 Å². The number of allylic oxidation sites excluding steroid dienone is 3. The minimum atomic E-state index is -0.485. The number of para-hydroxylation sites is 1. The van der Waals surface area contributed by atoms with E-state index >= 15 is 0 Å². The smallest absolute Gasteiger partial charge is 0.336 e. The summed E-state index contributed by atoms with van der Waals surface area (Å²) in [5, 5.41) is 3.37. The molecule has 0 spiro atoms. The molecule has 2 aliphatic rings. The van der Waals surface area contributed by atoms with Gasteiger partial charge in [0.1, 0.15) is 5.75 Å². The molecule has 1 N–H and O–H groups in total. The van der Waals surface area contributed by atoms with Gasteiger partial charge < -0.3 is 14.8 Å². The van der Waals surface area contributed by atoms with Crippen molar-refractivity contribution in [2.24, 2.45) is 5.41 Å². The molecule has 1 aliphatic carbocycles. The van der Waals surface area contributed by atoms with Crippen molar-refractivity contribution in [3.63, 3.8) is 0 Å². The van der Waals surface area contributed by atoms with Gasteiger partial charge in [0, 0.05) is 29.0 Å². The predicted molar refractivity (Wildman–Crippen MR) is 117 cm³/mol. The lowest BCUT2D eigenvalue weighted by molar-refractivity contribution is -0.139. The third-order valence-electron chi connectivity index (χ3n) is 5.72. The van der Waals surface area contributed by atoms with E-state index in [9.17, 15) is 9.59 Å². The number of carbonyl (C=O) groups excluding carboxylic acids is 2. The Balaban J connectivity index is 2.13. The lowest BCUT2D eigenvalue weighted by Gasteiger charge is -2.39. The van der Waals surface area contributed by atoms with E-state index in [1.165, 1.54) is 0 Å². The van der Waals surface area contributed by atoms with Crippen molar-refractivity contribution >= 4 is 11.8 Å². The van der Waals surface area contributed by atoms with E-state index in [4.69, 9.17) is 9.47 Å². The van der Waals surface area contributed by atoms with Gasteiger partial charge >= 0.3 is 5.97 Å². The number of Topliss-reactive ketones (excluding diaryl/α,β-unsaturated/α-hetero) is 1. The number of carbonyl (C=O) groups is 2. The number of benzene rings is 1. The lowest BCUT2D eigenvalue weighted by Crippen LogP contribution is -2.38. The van der Waals surface area contributed by atoms with E-state index in [-0.39, 0.29) is 17.2 Å². The summed E-state index contributed by atoms with van der Waals surface area (Å²) < 4.78 is 11.5. The van der Waals surface area contributed by atoms with Gasteiger partial charge in [0.05, 0.1) is 24.7 Å². The van der Waals surface area contributed by atoms with Crippen LogP contribution >= 0.6 is 0 Å². The summed E-state index contributed by atoms with van der Waals surface area (Å²) >= 11 is 0. The molecule has 1 aromatic carbocycles. The van der Waals surface area contributed by atoms with Gasteiger partial charge in [0.15, 0.2) is 5.78 Å². The van der Waals surface area contributed by atoms with Crippen molar-refractivity contribution in [1.82, 2.24) is 5.32 Å². The molecule has 0 unspecified atom stereocenters. The van der Waals surface area contributed by atoms with Crippen molar-refractivity contribution < 1.29 is 19.1 Å². The first kappa shape index (κ1) is 22.1. The molecular formula is C25H33NO4. The van der Waals surface area contributed by atoms with Crippen LogP contribution in [-0.2, 0) is 14.3 Å². The first-order valence-corrected chi connectivity index (χ1v) is 10.9. The maximum absolute atomic E-state index is 13.3. The predicted octanol–water partition coefficient (Wildman–Crippen LogP) is 5.03. The average Bonchev–Trinajstić information content (AvgIpc) is 2.66. The Morgan fingerprint density at radius 1 is 1.20 bits per heavy atom. The Hall–Kier alpha value is -2.56. The summed E-state index contributed by atoms with van der Waals surface area (Å²) in [6.45, 7) is 11.0. The normalized spacial score (nSPS) is 20.6. The standard InChI is InChI=1S/C25H33NO4/c1-6-8-13-30-24(28)21-16(3)26-18-14-25(4,5)15-19(27)23(18)22(21)17-11-9-10-12-20(17)29-7-2/h9-12,22,26H,6-8,13-15H2,1-5H3/t22-/m0/s1. The van der Waals surface area contributed by atoms with Crippen LogP contribution in [0.3, 0.4) is 0 Å². The summed E-state index contributed by atoms with van der Waals surface area (Å²) in [7, 11) is 0. The van der Waals surface area contributed by atoms with E-state index in [0.29, 0.717) is 36.5 Å². The molecule has 0 bridgehead atoms. The van der Waals surface area contributed by atoms with Crippen LogP contribution in [0.4, 0.5) is 0 Å². The third kappa shape index (κ3) is 4.45. The highest BCUT2D eigenvalue weighted by molar-refractivity contribution is 6.04. The van der Waals surface area contributed by atoms with Crippen molar-refractivity contribution in [2.45, 2.75) is 66.2 Å². The molecule has 0 radical (unpaired) electrons. The van der Waals surface area contributed by atoms with Crippen LogP contribution in [0, 0.1) is 5.41 Å². The molecule has 0 saturated heterocycles. The Morgan fingerprint density at radius 3 is 2.63 bits per heavy atom. The first-order chi connectivity index (χ1) is 14.3. The monoisotopic (exact) mass is 411 g/mol. The van der Waals surface area contributed by atoms with Gasteiger partial charge in [-0.2, -0.15) is 0 Å². The molecular weight excluding hydrogens is 378 g/mol. The Morgan fingerprint density at radius 2 is 1.93 bits per heavy atom. The highest BCUT2D eigenvalue weighted by atomic mass is 16.5. The van der Waals surface area contributed by atoms with Gasteiger partial charge in [-0.1, -0.05) is 45.4 Å². The number of ketones is 1. The SMILES string of the molecule is CCCCOC(=O)C1=C(C)NC2=C(C(=O)CC(C)(C)C2)[C@H]1c1ccccc1OCC. The topological polar surface area (TPSA) is 64.6 Å². The average molecular weight is 412 g/mol. The number of hydrogen-bond donors (Lipinski definition) is 1. The van der Waals surface area contributed by atoms with Crippen LogP contribution in [0.2, 0.25) is 0 Å². The lowest BCUT2D eigenvalue weighted by atomic mass is 9.68. The molecule has 30 heavy (non-hydrogen) atoms. The largest absolute Gasteiger partial charge is 0.494 e. The molecule has 1 aliphatic heterocycles. The Labute approximate surface area is 179 Å².